The molecule has 0 radical (unpaired) electrons. The molecule has 6 nitrogen and oxygen atoms in total. The van der Waals surface area contributed by atoms with Crippen LogP contribution in [0.2, 0.25) is 0 Å². The topological polar surface area (TPSA) is 132 Å². The lowest BCUT2D eigenvalue weighted by Crippen LogP contribution is -2.31. The molecule has 0 rings (SSSR count). The SMILES string of the molecule is CCN.NC(=O)CC[C@H](N)C(=O)O. The second-order valence-electron chi connectivity index (χ2n) is 2.36. The van der Waals surface area contributed by atoms with Crippen molar-refractivity contribution in [2.24, 2.45) is 17.2 Å². The first-order valence-corrected chi connectivity index (χ1v) is 3.92. The summed E-state index contributed by atoms with van der Waals surface area (Å²) in [6.07, 6.45) is 0.123. The molecule has 0 aliphatic rings. The highest BCUT2D eigenvalue weighted by atomic mass is 16.4. The minimum Gasteiger partial charge on any atom is -0.480 e. The van der Waals surface area contributed by atoms with Crippen molar-refractivity contribution in [3.05, 3.63) is 0 Å². The molecule has 6 heteroatoms. The van der Waals surface area contributed by atoms with Gasteiger partial charge in [0.05, 0.1) is 0 Å². The number of primary amides is 1. The molecule has 0 unspecified atom stereocenters. The van der Waals surface area contributed by atoms with E-state index in [4.69, 9.17) is 22.3 Å². The van der Waals surface area contributed by atoms with E-state index in [1.807, 2.05) is 6.92 Å². The van der Waals surface area contributed by atoms with Crippen LogP contribution < -0.4 is 17.2 Å². The van der Waals surface area contributed by atoms with Crippen molar-refractivity contribution in [1.82, 2.24) is 0 Å². The van der Waals surface area contributed by atoms with Gasteiger partial charge >= 0.3 is 5.97 Å². The van der Waals surface area contributed by atoms with Gasteiger partial charge in [0.2, 0.25) is 5.91 Å². The fourth-order valence-electron chi connectivity index (χ4n) is 0.421. The number of carbonyl (C=O) groups is 2. The molecule has 0 bridgehead atoms. The van der Waals surface area contributed by atoms with Crippen molar-refractivity contribution in [3.8, 4) is 0 Å². The molecule has 13 heavy (non-hydrogen) atoms. The van der Waals surface area contributed by atoms with E-state index in [2.05, 4.69) is 0 Å². The maximum atomic E-state index is 10.1. The molecule has 0 saturated heterocycles. The molecule has 0 aromatic heterocycles. The molecule has 0 aliphatic heterocycles. The summed E-state index contributed by atoms with van der Waals surface area (Å²) in [4.78, 5) is 20.1. The third-order valence-corrected chi connectivity index (χ3v) is 1.02. The second-order valence-corrected chi connectivity index (χ2v) is 2.36. The molecule has 7 N–H and O–H groups in total. The monoisotopic (exact) mass is 191 g/mol. The van der Waals surface area contributed by atoms with Gasteiger partial charge in [0.15, 0.2) is 0 Å². The minimum absolute atomic E-state index is 0.0213. The van der Waals surface area contributed by atoms with Gasteiger partial charge in [0.1, 0.15) is 6.04 Å². The number of carbonyl (C=O) groups excluding carboxylic acids is 1. The van der Waals surface area contributed by atoms with Crippen LogP contribution in [0.5, 0.6) is 0 Å². The first kappa shape index (κ1) is 14.4. The molecule has 0 spiro atoms. The van der Waals surface area contributed by atoms with E-state index in [0.717, 1.165) is 6.54 Å². The second kappa shape index (κ2) is 8.95. The van der Waals surface area contributed by atoms with E-state index in [1.165, 1.54) is 0 Å². The third-order valence-electron chi connectivity index (χ3n) is 1.02. The Labute approximate surface area is 77.1 Å². The number of nitrogens with two attached hydrogens (primary N) is 3. The lowest BCUT2D eigenvalue weighted by atomic mass is 10.2. The Hall–Kier alpha value is -1.14. The van der Waals surface area contributed by atoms with Gasteiger partial charge in [-0.2, -0.15) is 0 Å². The largest absolute Gasteiger partial charge is 0.480 e. The van der Waals surface area contributed by atoms with Crippen molar-refractivity contribution in [2.45, 2.75) is 25.8 Å². The van der Waals surface area contributed by atoms with Crippen LogP contribution in [-0.2, 0) is 9.59 Å². The summed E-state index contributed by atoms with van der Waals surface area (Å²) in [7, 11) is 0. The number of amides is 1. The van der Waals surface area contributed by atoms with Crippen LogP contribution >= 0.6 is 0 Å². The van der Waals surface area contributed by atoms with Gasteiger partial charge in [-0.3, -0.25) is 9.59 Å². The quantitative estimate of drug-likeness (QED) is 0.435. The predicted molar refractivity (Wildman–Crippen MR) is 48.8 cm³/mol. The number of rotatable bonds is 4. The number of carboxylic acids is 1. The Bertz CT molecular complexity index is 161. The van der Waals surface area contributed by atoms with Gasteiger partial charge in [-0.25, -0.2) is 0 Å². The number of carboxylic acid groups (broad SMARTS) is 1. The summed E-state index contributed by atoms with van der Waals surface area (Å²) >= 11 is 0. The molecule has 0 aromatic rings. The van der Waals surface area contributed by atoms with Crippen LogP contribution in [0.1, 0.15) is 19.8 Å². The van der Waals surface area contributed by atoms with Gasteiger partial charge in [-0.05, 0) is 13.0 Å². The number of aliphatic carboxylic acids is 1. The van der Waals surface area contributed by atoms with Crippen molar-refractivity contribution in [3.63, 3.8) is 0 Å². The highest BCUT2D eigenvalue weighted by Gasteiger charge is 2.11. The zero-order chi connectivity index (χ0) is 10.9. The van der Waals surface area contributed by atoms with Crippen LogP contribution in [0.25, 0.3) is 0 Å². The van der Waals surface area contributed by atoms with Crippen LogP contribution in [-0.4, -0.2) is 29.6 Å². The summed E-state index contributed by atoms with van der Waals surface area (Å²) in [6.45, 7) is 2.65. The van der Waals surface area contributed by atoms with Crippen molar-refractivity contribution >= 4 is 11.9 Å². The fourth-order valence-corrected chi connectivity index (χ4v) is 0.421. The van der Waals surface area contributed by atoms with Gasteiger partial charge < -0.3 is 22.3 Å². The minimum atomic E-state index is -1.11. The van der Waals surface area contributed by atoms with Gasteiger partial charge in [0, 0.05) is 6.42 Å². The molecule has 78 valence electrons. The normalized spacial score (nSPS) is 11.0. The standard InChI is InChI=1S/C5H10N2O3.C2H7N/c6-3(5(9)10)1-2-4(7)8;1-2-3/h3H,1-2,6H2,(H2,7,8)(H,9,10);2-3H2,1H3/t3-;/m0./s1. The van der Waals surface area contributed by atoms with Crippen molar-refractivity contribution < 1.29 is 14.7 Å². The van der Waals surface area contributed by atoms with Gasteiger partial charge in [0.25, 0.3) is 0 Å². The Morgan fingerprint density at radius 1 is 1.46 bits per heavy atom. The van der Waals surface area contributed by atoms with Crippen LogP contribution in [0.3, 0.4) is 0 Å². The van der Waals surface area contributed by atoms with Crippen LogP contribution in [0.4, 0.5) is 0 Å². The lowest BCUT2D eigenvalue weighted by Gasteiger charge is -2.01. The molecule has 0 fully saturated rings. The zero-order valence-corrected chi connectivity index (χ0v) is 7.69. The Kier molecular flexibility index (Phi) is 9.91. The maximum Gasteiger partial charge on any atom is 0.320 e. The molecule has 1 amide bonds. The first-order chi connectivity index (χ1) is 5.95. The van der Waals surface area contributed by atoms with Gasteiger partial charge in [-0.1, -0.05) is 6.92 Å². The smallest absolute Gasteiger partial charge is 0.320 e. The maximum absolute atomic E-state index is 10.1. The highest BCUT2D eigenvalue weighted by molar-refractivity contribution is 5.76. The van der Waals surface area contributed by atoms with E-state index in [9.17, 15) is 9.59 Å². The van der Waals surface area contributed by atoms with E-state index in [-0.39, 0.29) is 12.8 Å². The molecular formula is C7H17N3O3. The molecular weight excluding hydrogens is 174 g/mol. The number of hydrogen-bond acceptors (Lipinski definition) is 4. The molecule has 1 atom stereocenters. The summed E-state index contributed by atoms with van der Waals surface area (Å²) < 4.78 is 0. The predicted octanol–water partition coefficient (Wildman–Crippen LogP) is -1.37. The summed E-state index contributed by atoms with van der Waals surface area (Å²) in [5.41, 5.74) is 14.7. The van der Waals surface area contributed by atoms with E-state index in [1.54, 1.807) is 0 Å². The molecule has 0 aliphatic carbocycles. The Balaban J connectivity index is 0. The number of hydrogen-bond donors (Lipinski definition) is 4. The van der Waals surface area contributed by atoms with E-state index >= 15 is 0 Å². The van der Waals surface area contributed by atoms with E-state index in [0.29, 0.717) is 0 Å². The van der Waals surface area contributed by atoms with Crippen LogP contribution in [0, 0.1) is 0 Å². The Morgan fingerprint density at radius 2 is 1.85 bits per heavy atom. The van der Waals surface area contributed by atoms with Crippen molar-refractivity contribution in [1.29, 1.82) is 0 Å². The zero-order valence-electron chi connectivity index (χ0n) is 7.69. The van der Waals surface area contributed by atoms with Gasteiger partial charge in [-0.15, -0.1) is 0 Å². The Morgan fingerprint density at radius 3 is 2.08 bits per heavy atom. The third kappa shape index (κ3) is 13.8. The molecule has 0 heterocycles. The molecule has 0 saturated carbocycles. The first-order valence-electron chi connectivity index (χ1n) is 3.92. The van der Waals surface area contributed by atoms with E-state index < -0.39 is 17.9 Å². The fraction of sp³-hybridized carbons (Fsp3) is 0.714. The summed E-state index contributed by atoms with van der Waals surface area (Å²) in [5, 5.41) is 8.22. The van der Waals surface area contributed by atoms with Crippen molar-refractivity contribution in [2.75, 3.05) is 6.54 Å². The average molecular weight is 191 g/mol. The average Bonchev–Trinajstić information content (AvgIpc) is 2.01. The lowest BCUT2D eigenvalue weighted by molar-refractivity contribution is -0.138. The summed E-state index contributed by atoms with van der Waals surface area (Å²) in [5.74, 6) is -1.64. The highest BCUT2D eigenvalue weighted by Crippen LogP contribution is 1.92. The molecule has 0 aromatic carbocycles. The summed E-state index contributed by atoms with van der Waals surface area (Å²) in [6, 6.07) is -0.979. The van der Waals surface area contributed by atoms with Crippen LogP contribution in [0.15, 0.2) is 0 Å².